The molecule has 0 heterocycles. The molecule has 3 atom stereocenters. The van der Waals surface area contributed by atoms with Crippen molar-refractivity contribution >= 4 is 17.7 Å². The van der Waals surface area contributed by atoms with Gasteiger partial charge in [0.05, 0.1) is 12.6 Å². The number of carbonyl (C=O) groups excluding carboxylic acids is 3. The van der Waals surface area contributed by atoms with Crippen LogP contribution in [0.3, 0.4) is 0 Å². The first-order chi connectivity index (χ1) is 11.4. The predicted octanol–water partition coefficient (Wildman–Crippen LogP) is 2.82. The minimum Gasteiger partial charge on any atom is -0.465 e. The van der Waals surface area contributed by atoms with Crippen molar-refractivity contribution in [2.45, 2.75) is 33.7 Å². The van der Waals surface area contributed by atoms with Crippen LogP contribution in [0, 0.1) is 11.8 Å². The van der Waals surface area contributed by atoms with Crippen LogP contribution in [0.5, 0.6) is 0 Å². The number of nitrogens with one attached hydrogen (secondary N) is 1. The molecule has 0 aliphatic rings. The average molecular weight is 331 g/mol. The number of allylic oxidation sites excluding steroid dienone is 1. The molecule has 1 N–H and O–H groups in total. The van der Waals surface area contributed by atoms with Crippen molar-refractivity contribution in [2.24, 2.45) is 11.8 Å². The maximum Gasteiger partial charge on any atom is 0.317 e. The highest BCUT2D eigenvalue weighted by atomic mass is 16.5. The zero-order valence-electron chi connectivity index (χ0n) is 14.6. The number of amides is 1. The van der Waals surface area contributed by atoms with Crippen LogP contribution in [0.15, 0.2) is 42.5 Å². The fourth-order valence-electron chi connectivity index (χ4n) is 2.42. The lowest BCUT2D eigenvalue weighted by molar-refractivity contribution is -0.152. The second-order valence-electron chi connectivity index (χ2n) is 5.70. The molecular formula is C19H25NO4. The first-order valence-electron chi connectivity index (χ1n) is 8.07. The van der Waals surface area contributed by atoms with Crippen LogP contribution in [0.1, 0.15) is 39.3 Å². The Balaban J connectivity index is 2.67. The lowest BCUT2D eigenvalue weighted by Gasteiger charge is -2.17. The van der Waals surface area contributed by atoms with Crippen LogP contribution in [-0.2, 0) is 19.1 Å². The maximum absolute atomic E-state index is 12.0. The Hall–Kier alpha value is -2.43. The molecule has 1 rings (SSSR count). The van der Waals surface area contributed by atoms with E-state index in [2.05, 4.69) is 5.32 Å². The Morgan fingerprint density at radius 1 is 1.17 bits per heavy atom. The zero-order valence-corrected chi connectivity index (χ0v) is 14.6. The third kappa shape index (κ3) is 5.99. The van der Waals surface area contributed by atoms with Gasteiger partial charge in [-0.3, -0.25) is 14.4 Å². The molecule has 5 heteroatoms. The topological polar surface area (TPSA) is 72.5 Å². The van der Waals surface area contributed by atoms with Crippen molar-refractivity contribution in [1.82, 2.24) is 5.32 Å². The van der Waals surface area contributed by atoms with Gasteiger partial charge in [0.2, 0.25) is 5.91 Å². The SMILES string of the molecule is CCOC(=O)C(C(C)=O)[C@H](C)/C=C/C(=O)N[C@@H](C)c1ccccc1. The number of rotatable bonds is 8. The molecule has 0 radical (unpaired) electrons. The van der Waals surface area contributed by atoms with Gasteiger partial charge in [-0.05, 0) is 38.3 Å². The van der Waals surface area contributed by atoms with Crippen molar-refractivity contribution in [3.63, 3.8) is 0 Å². The molecule has 0 saturated heterocycles. The summed E-state index contributed by atoms with van der Waals surface area (Å²) in [5.41, 5.74) is 1.00. The monoisotopic (exact) mass is 331 g/mol. The molecule has 0 aromatic heterocycles. The summed E-state index contributed by atoms with van der Waals surface area (Å²) in [4.78, 5) is 35.6. The quantitative estimate of drug-likeness (QED) is 0.452. The molecule has 0 aliphatic heterocycles. The van der Waals surface area contributed by atoms with Crippen LogP contribution in [0.4, 0.5) is 0 Å². The first kappa shape index (κ1) is 19.6. The van der Waals surface area contributed by atoms with Crippen LogP contribution in [-0.4, -0.2) is 24.3 Å². The summed E-state index contributed by atoms with van der Waals surface area (Å²) in [5, 5.41) is 2.85. The van der Waals surface area contributed by atoms with Gasteiger partial charge in [-0.2, -0.15) is 0 Å². The van der Waals surface area contributed by atoms with E-state index >= 15 is 0 Å². The van der Waals surface area contributed by atoms with Crippen LogP contribution in [0.2, 0.25) is 0 Å². The Labute approximate surface area is 143 Å². The fraction of sp³-hybridized carbons (Fsp3) is 0.421. The van der Waals surface area contributed by atoms with Gasteiger partial charge in [-0.15, -0.1) is 0 Å². The van der Waals surface area contributed by atoms with Gasteiger partial charge in [0.25, 0.3) is 0 Å². The third-order valence-electron chi connectivity index (χ3n) is 3.71. The Morgan fingerprint density at radius 3 is 2.33 bits per heavy atom. The van der Waals surface area contributed by atoms with E-state index in [4.69, 9.17) is 4.74 Å². The molecule has 0 saturated carbocycles. The van der Waals surface area contributed by atoms with E-state index in [1.165, 1.54) is 13.0 Å². The fourth-order valence-corrected chi connectivity index (χ4v) is 2.42. The second kappa shape index (κ2) is 9.65. The van der Waals surface area contributed by atoms with Gasteiger partial charge in [-0.1, -0.05) is 43.3 Å². The highest BCUT2D eigenvalue weighted by Gasteiger charge is 2.29. The summed E-state index contributed by atoms with van der Waals surface area (Å²) in [7, 11) is 0. The number of benzene rings is 1. The highest BCUT2D eigenvalue weighted by Crippen LogP contribution is 2.17. The molecule has 5 nitrogen and oxygen atoms in total. The molecule has 0 aliphatic carbocycles. The van der Waals surface area contributed by atoms with E-state index in [1.54, 1.807) is 19.9 Å². The number of hydrogen-bond acceptors (Lipinski definition) is 4. The van der Waals surface area contributed by atoms with Gasteiger partial charge in [0.1, 0.15) is 11.7 Å². The lowest BCUT2D eigenvalue weighted by atomic mass is 9.90. The molecule has 0 bridgehead atoms. The molecular weight excluding hydrogens is 306 g/mol. The lowest BCUT2D eigenvalue weighted by Crippen LogP contribution is -2.30. The second-order valence-corrected chi connectivity index (χ2v) is 5.70. The summed E-state index contributed by atoms with van der Waals surface area (Å²) < 4.78 is 4.92. The average Bonchev–Trinajstić information content (AvgIpc) is 2.53. The predicted molar refractivity (Wildman–Crippen MR) is 92.1 cm³/mol. The van der Waals surface area contributed by atoms with E-state index in [0.29, 0.717) is 0 Å². The van der Waals surface area contributed by atoms with Gasteiger partial charge < -0.3 is 10.1 Å². The summed E-state index contributed by atoms with van der Waals surface area (Å²) in [6, 6.07) is 9.47. The van der Waals surface area contributed by atoms with Gasteiger partial charge in [0.15, 0.2) is 0 Å². The molecule has 1 unspecified atom stereocenters. The van der Waals surface area contributed by atoms with Crippen molar-refractivity contribution in [1.29, 1.82) is 0 Å². The van der Waals surface area contributed by atoms with E-state index in [0.717, 1.165) is 5.56 Å². The van der Waals surface area contributed by atoms with Crippen LogP contribution >= 0.6 is 0 Å². The van der Waals surface area contributed by atoms with Gasteiger partial charge >= 0.3 is 5.97 Å². The minimum atomic E-state index is -0.888. The Morgan fingerprint density at radius 2 is 1.79 bits per heavy atom. The number of hydrogen-bond donors (Lipinski definition) is 1. The number of ether oxygens (including phenoxy) is 1. The van der Waals surface area contributed by atoms with Crippen LogP contribution < -0.4 is 5.32 Å². The number of carbonyl (C=O) groups is 3. The summed E-state index contributed by atoms with van der Waals surface area (Å²) in [5.74, 6) is -2.41. The third-order valence-corrected chi connectivity index (χ3v) is 3.71. The largest absolute Gasteiger partial charge is 0.465 e. The van der Waals surface area contributed by atoms with Crippen molar-refractivity contribution < 1.29 is 19.1 Å². The van der Waals surface area contributed by atoms with E-state index in [9.17, 15) is 14.4 Å². The number of Topliss-reactive ketones (excluding diaryl/α,β-unsaturated/α-hetero) is 1. The Bertz CT molecular complexity index is 595. The molecule has 1 aromatic carbocycles. The van der Waals surface area contributed by atoms with Gasteiger partial charge in [0, 0.05) is 0 Å². The smallest absolute Gasteiger partial charge is 0.317 e. The minimum absolute atomic E-state index is 0.132. The molecule has 0 fully saturated rings. The standard InChI is InChI=1S/C19H25NO4/c1-5-24-19(23)18(15(4)21)13(2)11-12-17(22)20-14(3)16-9-7-6-8-10-16/h6-14,18H,5H2,1-4H3,(H,20,22)/b12-11+/t13-,14+,18?/m1/s1. The normalized spacial score (nSPS) is 14.7. The molecule has 0 spiro atoms. The first-order valence-corrected chi connectivity index (χ1v) is 8.07. The number of esters is 1. The molecule has 24 heavy (non-hydrogen) atoms. The summed E-state index contributed by atoms with van der Waals surface area (Å²) in [6.45, 7) is 6.86. The zero-order chi connectivity index (χ0) is 18.1. The molecule has 1 aromatic rings. The summed E-state index contributed by atoms with van der Waals surface area (Å²) >= 11 is 0. The van der Waals surface area contributed by atoms with Crippen molar-refractivity contribution in [3.8, 4) is 0 Å². The molecule has 1 amide bonds. The van der Waals surface area contributed by atoms with Crippen molar-refractivity contribution in [3.05, 3.63) is 48.0 Å². The Kier molecular flexibility index (Phi) is 7.89. The number of ketones is 1. The molecule has 130 valence electrons. The highest BCUT2D eigenvalue weighted by molar-refractivity contribution is 5.98. The van der Waals surface area contributed by atoms with E-state index < -0.39 is 17.8 Å². The van der Waals surface area contributed by atoms with Crippen molar-refractivity contribution in [2.75, 3.05) is 6.61 Å². The maximum atomic E-state index is 12.0. The summed E-state index contributed by atoms with van der Waals surface area (Å²) in [6.07, 6.45) is 2.93. The van der Waals surface area contributed by atoms with E-state index in [1.807, 2.05) is 37.3 Å². The van der Waals surface area contributed by atoms with Crippen LogP contribution in [0.25, 0.3) is 0 Å². The van der Waals surface area contributed by atoms with Gasteiger partial charge in [-0.25, -0.2) is 0 Å². The van der Waals surface area contributed by atoms with E-state index in [-0.39, 0.29) is 24.3 Å².